The molecule has 0 atom stereocenters. The van der Waals surface area contributed by atoms with Crippen LogP contribution in [-0.2, 0) is 22.4 Å². The molecule has 0 unspecified atom stereocenters. The number of nitrogens with one attached hydrogen (secondary N) is 4. The van der Waals surface area contributed by atoms with Crippen LogP contribution in [0.3, 0.4) is 0 Å². The Hall–Kier alpha value is -6.15. The van der Waals surface area contributed by atoms with Crippen LogP contribution < -0.4 is 51.7 Å². The second-order valence-corrected chi connectivity index (χ2v) is 11.7. The van der Waals surface area contributed by atoms with Crippen LogP contribution in [0.1, 0.15) is 31.8 Å². The zero-order chi connectivity index (χ0) is 38.8. The molecule has 4 aromatic rings. The van der Waals surface area contributed by atoms with Crippen LogP contribution in [0.15, 0.2) is 78.9 Å². The summed E-state index contributed by atoms with van der Waals surface area (Å²) >= 11 is 5.92. The summed E-state index contributed by atoms with van der Waals surface area (Å²) in [6, 6.07) is 22.6. The van der Waals surface area contributed by atoms with Crippen molar-refractivity contribution >= 4 is 46.6 Å². The van der Waals surface area contributed by atoms with E-state index in [2.05, 4.69) is 21.3 Å². The minimum absolute atomic E-state index is 0.00739. The van der Waals surface area contributed by atoms with Crippen LogP contribution in [-0.4, -0.2) is 78.2 Å². The Morgan fingerprint density at radius 3 is 1.62 bits per heavy atom. The first-order chi connectivity index (χ1) is 25.5. The summed E-state index contributed by atoms with van der Waals surface area (Å²) in [5, 5.41) is 11.9. The van der Waals surface area contributed by atoms with Crippen molar-refractivity contribution in [3.63, 3.8) is 0 Å². The number of carbonyl (C=O) groups excluding carboxylic acids is 4. The molecular formula is C38H45ClN6O8. The summed E-state index contributed by atoms with van der Waals surface area (Å²) in [6.45, 7) is 1.05. The van der Waals surface area contributed by atoms with Crippen LogP contribution in [0.4, 0.5) is 11.4 Å². The average molecular weight is 749 g/mol. The smallest absolute Gasteiger partial charge is 0.250 e. The fraction of sp³-hybridized carbons (Fsp3) is 0.263. The number of methoxy groups -OCH3 is 4. The first kappa shape index (κ1) is 41.3. The lowest BCUT2D eigenvalue weighted by atomic mass is 10.1. The van der Waals surface area contributed by atoms with Gasteiger partial charge in [-0.25, -0.2) is 0 Å². The molecule has 0 saturated heterocycles. The SMILES string of the molecule is COc1ccc(CCNC(=O)CNc2cc(Cl)ccc2C(N)=O)cc1OC.COc1ccc(CCNC(=O)CNc2cccc(C(N)=O)c2)cc1OC. The molecule has 4 rings (SSSR count). The molecule has 0 aliphatic carbocycles. The number of ether oxygens (including phenoxy) is 4. The maximum absolute atomic E-state index is 12.0. The lowest BCUT2D eigenvalue weighted by Crippen LogP contribution is -2.31. The highest BCUT2D eigenvalue weighted by atomic mass is 35.5. The van der Waals surface area contributed by atoms with E-state index >= 15 is 0 Å². The Bertz CT molecular complexity index is 1870. The van der Waals surface area contributed by atoms with Gasteiger partial charge in [-0.15, -0.1) is 0 Å². The summed E-state index contributed by atoms with van der Waals surface area (Å²) in [4.78, 5) is 46.5. The number of halogens is 1. The van der Waals surface area contributed by atoms with E-state index in [0.29, 0.717) is 70.9 Å². The predicted molar refractivity (Wildman–Crippen MR) is 204 cm³/mol. The Balaban J connectivity index is 0.000000286. The van der Waals surface area contributed by atoms with E-state index < -0.39 is 11.8 Å². The topological polar surface area (TPSA) is 205 Å². The summed E-state index contributed by atoms with van der Waals surface area (Å²) in [5.74, 6) is 1.16. The molecule has 0 saturated carbocycles. The van der Waals surface area contributed by atoms with Crippen LogP contribution in [0.25, 0.3) is 0 Å². The van der Waals surface area contributed by atoms with Crippen molar-refractivity contribution in [2.75, 3.05) is 65.3 Å². The van der Waals surface area contributed by atoms with E-state index in [1.807, 2.05) is 36.4 Å². The Kier molecular flexibility index (Phi) is 16.6. The van der Waals surface area contributed by atoms with Gasteiger partial charge in [0.25, 0.3) is 5.91 Å². The number of primary amides is 2. The quantitative estimate of drug-likeness (QED) is 0.0868. The molecule has 15 heteroatoms. The number of hydrogen-bond donors (Lipinski definition) is 6. The Morgan fingerprint density at radius 1 is 0.604 bits per heavy atom. The highest BCUT2D eigenvalue weighted by molar-refractivity contribution is 6.31. The zero-order valence-electron chi connectivity index (χ0n) is 30.0. The molecule has 8 N–H and O–H groups in total. The van der Waals surface area contributed by atoms with Crippen molar-refractivity contribution in [2.24, 2.45) is 11.5 Å². The monoisotopic (exact) mass is 748 g/mol. The molecule has 0 heterocycles. The number of amides is 4. The minimum atomic E-state index is -0.594. The predicted octanol–water partition coefficient (Wildman–Crippen LogP) is 3.80. The molecular weight excluding hydrogens is 704 g/mol. The van der Waals surface area contributed by atoms with Crippen molar-refractivity contribution in [1.29, 1.82) is 0 Å². The molecule has 14 nitrogen and oxygen atoms in total. The largest absolute Gasteiger partial charge is 0.493 e. The average Bonchev–Trinajstić information content (AvgIpc) is 3.16. The second-order valence-electron chi connectivity index (χ2n) is 11.3. The van der Waals surface area contributed by atoms with Crippen molar-refractivity contribution in [3.8, 4) is 23.0 Å². The lowest BCUT2D eigenvalue weighted by Gasteiger charge is -2.12. The van der Waals surface area contributed by atoms with Crippen molar-refractivity contribution in [3.05, 3.63) is 106 Å². The number of carbonyl (C=O) groups is 4. The van der Waals surface area contributed by atoms with Gasteiger partial charge in [0.1, 0.15) is 0 Å². The number of hydrogen-bond acceptors (Lipinski definition) is 10. The first-order valence-corrected chi connectivity index (χ1v) is 16.8. The fourth-order valence-electron chi connectivity index (χ4n) is 4.91. The number of benzene rings is 4. The van der Waals surface area contributed by atoms with E-state index in [1.54, 1.807) is 64.8 Å². The van der Waals surface area contributed by atoms with E-state index in [0.717, 1.165) is 11.1 Å². The number of anilines is 2. The van der Waals surface area contributed by atoms with Gasteiger partial charge < -0.3 is 51.7 Å². The Labute approximate surface area is 313 Å². The van der Waals surface area contributed by atoms with Gasteiger partial charge in [0.05, 0.1) is 47.1 Å². The van der Waals surface area contributed by atoms with Gasteiger partial charge in [-0.05, 0) is 84.6 Å². The number of nitrogens with two attached hydrogens (primary N) is 2. The highest BCUT2D eigenvalue weighted by Gasteiger charge is 2.11. The van der Waals surface area contributed by atoms with Crippen LogP contribution in [0.2, 0.25) is 5.02 Å². The molecule has 0 fully saturated rings. The molecule has 0 aromatic heterocycles. The molecule has 4 aromatic carbocycles. The molecule has 282 valence electrons. The third-order valence-corrected chi connectivity index (χ3v) is 7.89. The molecule has 0 spiro atoms. The van der Waals surface area contributed by atoms with Crippen LogP contribution in [0.5, 0.6) is 23.0 Å². The van der Waals surface area contributed by atoms with E-state index in [9.17, 15) is 19.2 Å². The van der Waals surface area contributed by atoms with E-state index in [1.165, 1.54) is 6.07 Å². The highest BCUT2D eigenvalue weighted by Crippen LogP contribution is 2.28. The van der Waals surface area contributed by atoms with Crippen molar-refractivity contribution in [2.45, 2.75) is 12.8 Å². The van der Waals surface area contributed by atoms with Gasteiger partial charge in [0, 0.05) is 35.1 Å². The summed E-state index contributed by atoms with van der Waals surface area (Å²) in [5.41, 5.74) is 14.3. The zero-order valence-corrected chi connectivity index (χ0v) is 30.8. The van der Waals surface area contributed by atoms with Crippen LogP contribution in [0, 0.1) is 0 Å². The van der Waals surface area contributed by atoms with Gasteiger partial charge in [-0.2, -0.15) is 0 Å². The molecule has 4 amide bonds. The van der Waals surface area contributed by atoms with Crippen molar-refractivity contribution < 1.29 is 38.1 Å². The number of rotatable bonds is 18. The van der Waals surface area contributed by atoms with Gasteiger partial charge in [-0.1, -0.05) is 29.8 Å². The molecule has 53 heavy (non-hydrogen) atoms. The second kappa shape index (κ2) is 21.3. The maximum atomic E-state index is 12.0. The molecule has 0 radical (unpaired) electrons. The summed E-state index contributed by atoms with van der Waals surface area (Å²) in [7, 11) is 6.33. The summed E-state index contributed by atoms with van der Waals surface area (Å²) < 4.78 is 20.9. The van der Waals surface area contributed by atoms with Crippen LogP contribution >= 0.6 is 11.6 Å². The van der Waals surface area contributed by atoms with E-state index in [-0.39, 0.29) is 30.5 Å². The molecule has 0 aliphatic rings. The van der Waals surface area contributed by atoms with Gasteiger partial charge >= 0.3 is 0 Å². The minimum Gasteiger partial charge on any atom is -0.493 e. The third kappa shape index (κ3) is 13.5. The van der Waals surface area contributed by atoms with E-state index in [4.69, 9.17) is 42.0 Å². The molecule has 0 aliphatic heterocycles. The van der Waals surface area contributed by atoms with Crippen molar-refractivity contribution in [1.82, 2.24) is 10.6 Å². The third-order valence-electron chi connectivity index (χ3n) is 7.65. The first-order valence-electron chi connectivity index (χ1n) is 16.4. The van der Waals surface area contributed by atoms with Gasteiger partial charge in [0.15, 0.2) is 23.0 Å². The lowest BCUT2D eigenvalue weighted by molar-refractivity contribution is -0.120. The Morgan fingerprint density at radius 2 is 1.13 bits per heavy atom. The van der Waals surface area contributed by atoms with Gasteiger partial charge in [-0.3, -0.25) is 19.2 Å². The maximum Gasteiger partial charge on any atom is 0.250 e. The summed E-state index contributed by atoms with van der Waals surface area (Å²) in [6.07, 6.45) is 1.30. The molecule has 0 bridgehead atoms. The fourth-order valence-corrected chi connectivity index (χ4v) is 5.08. The standard InChI is InChI=1S/C19H22ClN3O4.C19H23N3O4/c1-26-16-6-3-12(9-17(16)27-2)7-8-22-18(24)11-23-15-10-13(20)4-5-14(15)19(21)25;1-25-16-7-6-13(10-17(16)26-2)8-9-21-18(23)12-22-15-5-3-4-14(11-15)19(20)24/h3-6,9-10,23H,7-8,11H2,1-2H3,(H2,21,25)(H,22,24);3-7,10-11,22H,8-9,12H2,1-2H3,(H2,20,24)(H,21,23). The van der Waals surface area contributed by atoms with Gasteiger partial charge in [0.2, 0.25) is 17.7 Å². The normalized spacial score (nSPS) is 10.1.